The normalized spacial score (nSPS) is 24.4. The average Bonchev–Trinajstić information content (AvgIpc) is 2.69. The van der Waals surface area contributed by atoms with Gasteiger partial charge in [0.05, 0.1) is 5.69 Å². The van der Waals surface area contributed by atoms with Gasteiger partial charge in [-0.25, -0.2) is 4.39 Å². The van der Waals surface area contributed by atoms with Gasteiger partial charge >= 0.3 is 0 Å². The Balaban J connectivity index is 2.03. The van der Waals surface area contributed by atoms with E-state index in [1.165, 1.54) is 32.6 Å². The molecule has 1 aromatic rings. The molecule has 168 valence electrons. The summed E-state index contributed by atoms with van der Waals surface area (Å²) in [6, 6.07) is 7.26. The Morgan fingerprint density at radius 2 is 1.77 bits per heavy atom. The van der Waals surface area contributed by atoms with Crippen molar-refractivity contribution in [2.75, 3.05) is 0 Å². The van der Waals surface area contributed by atoms with Crippen LogP contribution in [-0.4, -0.2) is 11.8 Å². The molecule has 0 saturated heterocycles. The summed E-state index contributed by atoms with van der Waals surface area (Å²) in [4.78, 5) is 4.72. The second-order valence-electron chi connectivity index (χ2n) is 9.71. The predicted octanol–water partition coefficient (Wildman–Crippen LogP) is 7.65. The van der Waals surface area contributed by atoms with Crippen LogP contribution >= 0.6 is 0 Å². The number of benzene rings is 1. The van der Waals surface area contributed by atoms with E-state index < -0.39 is 6.17 Å². The lowest BCUT2D eigenvalue weighted by atomic mass is 9.67. The molecule has 2 rings (SSSR count). The molecule has 0 aromatic heterocycles. The molecule has 1 unspecified atom stereocenters. The van der Waals surface area contributed by atoms with Gasteiger partial charge < -0.3 is 10.5 Å². The van der Waals surface area contributed by atoms with E-state index >= 15 is 0 Å². The topological polar surface area (TPSA) is 47.6 Å². The lowest BCUT2D eigenvalue weighted by Gasteiger charge is -2.41. The van der Waals surface area contributed by atoms with E-state index in [0.29, 0.717) is 16.9 Å². The summed E-state index contributed by atoms with van der Waals surface area (Å²) >= 11 is 0. The van der Waals surface area contributed by atoms with Gasteiger partial charge in [-0.3, -0.25) is 4.99 Å². The number of rotatable bonds is 9. The van der Waals surface area contributed by atoms with Crippen molar-refractivity contribution in [3.63, 3.8) is 0 Å². The summed E-state index contributed by atoms with van der Waals surface area (Å²) in [5.41, 5.74) is 9.05. The van der Waals surface area contributed by atoms with Crippen LogP contribution in [-0.2, 0) is 4.74 Å². The fourth-order valence-corrected chi connectivity index (χ4v) is 4.55. The number of ether oxygens (including phenoxy) is 1. The molecule has 1 aliphatic rings. The molecule has 0 spiro atoms. The van der Waals surface area contributed by atoms with Crippen LogP contribution in [0.3, 0.4) is 0 Å². The molecule has 0 amide bonds. The molecule has 2 N–H and O–H groups in total. The Morgan fingerprint density at radius 3 is 2.23 bits per heavy atom. The average molecular weight is 417 g/mol. The standard InChI is InChI=1S/C26H41FN2O/c1-7-26(17-18(2)3)14-12-23(13-15-26)30-25(28)16-24(19(4)5)29-22-10-8-21(9-11-22)20(6)27/h8-11,16,18-20,23H,7,12-15,17,28H2,1-6H3/b25-16+,29-24?. The SMILES string of the molecule is CCC1(CC(C)C)CCC(O/C(N)=C/C(=Nc2ccc(C(C)F)cc2)C(C)C)CC1. The highest BCUT2D eigenvalue weighted by Crippen LogP contribution is 2.44. The zero-order chi connectivity index (χ0) is 22.3. The number of allylic oxidation sites excluding steroid dienone is 1. The fraction of sp³-hybridized carbons (Fsp3) is 0.654. The largest absolute Gasteiger partial charge is 0.476 e. The molecule has 1 saturated carbocycles. The van der Waals surface area contributed by atoms with E-state index in [1.54, 1.807) is 12.1 Å². The molecule has 3 nitrogen and oxygen atoms in total. The van der Waals surface area contributed by atoms with E-state index in [-0.39, 0.29) is 12.0 Å². The van der Waals surface area contributed by atoms with Gasteiger partial charge in [0, 0.05) is 11.8 Å². The van der Waals surface area contributed by atoms with E-state index in [4.69, 9.17) is 15.5 Å². The molecule has 1 aliphatic carbocycles. The number of nitrogens with zero attached hydrogens (tertiary/aromatic N) is 1. The Bertz CT molecular complexity index is 711. The maximum absolute atomic E-state index is 13.4. The first-order valence-corrected chi connectivity index (χ1v) is 11.6. The van der Waals surface area contributed by atoms with Gasteiger partial charge in [-0.2, -0.15) is 0 Å². The van der Waals surface area contributed by atoms with Gasteiger partial charge in [-0.15, -0.1) is 0 Å². The van der Waals surface area contributed by atoms with Gasteiger partial charge in [0.2, 0.25) is 0 Å². The lowest BCUT2D eigenvalue weighted by molar-refractivity contribution is 0.0233. The first kappa shape index (κ1) is 24.4. The number of hydrogen-bond donors (Lipinski definition) is 1. The summed E-state index contributed by atoms with van der Waals surface area (Å²) in [5.74, 6) is 1.38. The quantitative estimate of drug-likeness (QED) is 0.332. The van der Waals surface area contributed by atoms with Gasteiger partial charge in [-0.05, 0) is 74.0 Å². The number of alkyl halides is 1. The van der Waals surface area contributed by atoms with Crippen LogP contribution in [0.4, 0.5) is 10.1 Å². The first-order valence-electron chi connectivity index (χ1n) is 11.6. The van der Waals surface area contributed by atoms with Gasteiger partial charge in [0.1, 0.15) is 12.3 Å². The molecule has 0 bridgehead atoms. The van der Waals surface area contributed by atoms with Crippen LogP contribution < -0.4 is 5.73 Å². The van der Waals surface area contributed by atoms with Gasteiger partial charge in [0.25, 0.3) is 0 Å². The summed E-state index contributed by atoms with van der Waals surface area (Å²) in [5, 5.41) is 0. The van der Waals surface area contributed by atoms with Crippen molar-refractivity contribution in [2.45, 2.75) is 92.3 Å². The van der Waals surface area contributed by atoms with Crippen molar-refractivity contribution < 1.29 is 9.13 Å². The summed E-state index contributed by atoms with van der Waals surface area (Å²) < 4.78 is 19.5. The van der Waals surface area contributed by atoms with Crippen molar-refractivity contribution in [1.29, 1.82) is 0 Å². The predicted molar refractivity (Wildman–Crippen MR) is 126 cm³/mol. The van der Waals surface area contributed by atoms with Crippen molar-refractivity contribution in [3.05, 3.63) is 41.8 Å². The van der Waals surface area contributed by atoms with Crippen LogP contribution in [0.5, 0.6) is 0 Å². The smallest absolute Gasteiger partial charge is 0.186 e. The van der Waals surface area contributed by atoms with Gasteiger partial charge in [0.15, 0.2) is 5.88 Å². The van der Waals surface area contributed by atoms with Gasteiger partial charge in [-0.1, -0.05) is 53.2 Å². The fourth-order valence-electron chi connectivity index (χ4n) is 4.55. The van der Waals surface area contributed by atoms with Crippen LogP contribution in [0.2, 0.25) is 0 Å². The molecule has 0 radical (unpaired) electrons. The van der Waals surface area contributed by atoms with E-state index in [1.807, 2.05) is 18.2 Å². The lowest BCUT2D eigenvalue weighted by Crippen LogP contribution is -2.32. The minimum Gasteiger partial charge on any atom is -0.476 e. The minimum absolute atomic E-state index is 0.187. The maximum Gasteiger partial charge on any atom is 0.186 e. The molecule has 4 heteroatoms. The van der Waals surface area contributed by atoms with Crippen LogP contribution in [0.15, 0.2) is 41.2 Å². The summed E-state index contributed by atoms with van der Waals surface area (Å²) in [6.07, 6.45) is 8.16. The monoisotopic (exact) mass is 416 g/mol. The third kappa shape index (κ3) is 7.14. The second kappa shape index (κ2) is 11.0. The molecular formula is C26H41FN2O. The highest BCUT2D eigenvalue weighted by atomic mass is 19.1. The molecule has 0 aliphatic heterocycles. The molecule has 0 heterocycles. The number of hydrogen-bond acceptors (Lipinski definition) is 3. The Morgan fingerprint density at radius 1 is 1.17 bits per heavy atom. The van der Waals surface area contributed by atoms with Crippen LogP contribution in [0.1, 0.15) is 91.8 Å². The summed E-state index contributed by atoms with van der Waals surface area (Å²) in [7, 11) is 0. The number of halogens is 1. The number of aliphatic imine (C=N–C) groups is 1. The summed E-state index contributed by atoms with van der Waals surface area (Å²) in [6.45, 7) is 12.7. The van der Waals surface area contributed by atoms with E-state index in [0.717, 1.165) is 30.2 Å². The van der Waals surface area contributed by atoms with Crippen LogP contribution in [0, 0.1) is 17.3 Å². The Labute approximate surface area is 183 Å². The van der Waals surface area contributed by atoms with Crippen LogP contribution in [0.25, 0.3) is 0 Å². The maximum atomic E-state index is 13.4. The molecule has 1 aromatic carbocycles. The van der Waals surface area contributed by atoms with Crippen molar-refractivity contribution in [1.82, 2.24) is 0 Å². The third-order valence-corrected chi connectivity index (χ3v) is 6.38. The minimum atomic E-state index is -0.973. The molecule has 1 fully saturated rings. The third-order valence-electron chi connectivity index (χ3n) is 6.38. The molecular weight excluding hydrogens is 375 g/mol. The zero-order valence-electron chi connectivity index (χ0n) is 19.7. The van der Waals surface area contributed by atoms with E-state index in [2.05, 4.69) is 34.6 Å². The number of nitrogens with two attached hydrogens (primary N) is 1. The van der Waals surface area contributed by atoms with E-state index in [9.17, 15) is 4.39 Å². The first-order chi connectivity index (χ1) is 14.1. The van der Waals surface area contributed by atoms with Crippen molar-refractivity contribution in [3.8, 4) is 0 Å². The highest BCUT2D eigenvalue weighted by Gasteiger charge is 2.35. The second-order valence-corrected chi connectivity index (χ2v) is 9.71. The van der Waals surface area contributed by atoms with Crippen molar-refractivity contribution in [2.24, 2.45) is 28.0 Å². The highest BCUT2D eigenvalue weighted by molar-refractivity contribution is 5.98. The Hall–Kier alpha value is -1.84. The Kier molecular flexibility index (Phi) is 8.93. The zero-order valence-corrected chi connectivity index (χ0v) is 19.7. The van der Waals surface area contributed by atoms with Crippen molar-refractivity contribution >= 4 is 11.4 Å². The molecule has 1 atom stereocenters. The molecule has 30 heavy (non-hydrogen) atoms.